The highest BCUT2D eigenvalue weighted by molar-refractivity contribution is 5.19. The van der Waals surface area contributed by atoms with Gasteiger partial charge in [0.2, 0.25) is 0 Å². The molecule has 0 amide bonds. The number of unbranched alkanes of at least 4 members (excludes halogenated alkanes) is 11. The van der Waals surface area contributed by atoms with Crippen LogP contribution in [0.1, 0.15) is 135 Å². The van der Waals surface area contributed by atoms with E-state index in [-0.39, 0.29) is 5.41 Å². The fourth-order valence-corrected chi connectivity index (χ4v) is 5.08. The van der Waals surface area contributed by atoms with Gasteiger partial charge in [0.1, 0.15) is 5.82 Å². The molecule has 0 saturated heterocycles. The van der Waals surface area contributed by atoms with Gasteiger partial charge in [0.25, 0.3) is 0 Å². The molecule has 2 atom stereocenters. The van der Waals surface area contributed by atoms with Crippen LogP contribution in [0.25, 0.3) is 0 Å². The van der Waals surface area contributed by atoms with Gasteiger partial charge in [-0.05, 0) is 31.6 Å². The molecule has 1 aliphatic carbocycles. The molecule has 2 rings (SSSR count). The fourth-order valence-electron chi connectivity index (χ4n) is 5.08. The van der Waals surface area contributed by atoms with Crippen molar-refractivity contribution in [1.29, 1.82) is 0 Å². The first-order chi connectivity index (χ1) is 15.2. The lowest BCUT2D eigenvalue weighted by Crippen LogP contribution is -2.24. The lowest BCUT2D eigenvalue weighted by Gasteiger charge is -2.32. The summed E-state index contributed by atoms with van der Waals surface area (Å²) in [5.74, 6) is 1.28. The van der Waals surface area contributed by atoms with Crippen molar-refractivity contribution >= 4 is 0 Å². The average molecular weight is 427 g/mol. The molecule has 0 N–H and O–H groups in total. The predicted molar refractivity (Wildman–Crippen MR) is 137 cm³/mol. The van der Waals surface area contributed by atoms with Crippen molar-refractivity contribution in [2.75, 3.05) is 0 Å². The van der Waals surface area contributed by atoms with Gasteiger partial charge in [-0.3, -0.25) is 0 Å². The van der Waals surface area contributed by atoms with Crippen LogP contribution in [0.15, 0.2) is 36.7 Å². The summed E-state index contributed by atoms with van der Waals surface area (Å²) < 4.78 is 2.47. The lowest BCUT2D eigenvalue weighted by atomic mass is 9.74. The first-order valence-corrected chi connectivity index (χ1v) is 13.6. The second-order valence-corrected chi connectivity index (χ2v) is 10.1. The van der Waals surface area contributed by atoms with Crippen molar-refractivity contribution in [1.82, 2.24) is 9.55 Å². The molecule has 2 unspecified atom stereocenters. The van der Waals surface area contributed by atoms with Crippen LogP contribution in [0.3, 0.4) is 0 Å². The maximum absolute atomic E-state index is 4.79. The zero-order valence-electron chi connectivity index (χ0n) is 21.0. The monoisotopic (exact) mass is 426 g/mol. The summed E-state index contributed by atoms with van der Waals surface area (Å²) >= 11 is 0. The molecule has 1 heterocycles. The molecule has 0 aliphatic heterocycles. The Hall–Kier alpha value is -1.31. The van der Waals surface area contributed by atoms with Gasteiger partial charge in [-0.2, -0.15) is 0 Å². The molecular weight excluding hydrogens is 376 g/mol. The largest absolute Gasteiger partial charge is 0.332 e. The van der Waals surface area contributed by atoms with Gasteiger partial charge in [0.15, 0.2) is 0 Å². The predicted octanol–water partition coefficient (Wildman–Crippen LogP) is 9.38. The van der Waals surface area contributed by atoms with Crippen LogP contribution in [-0.4, -0.2) is 9.55 Å². The lowest BCUT2D eigenvalue weighted by molar-refractivity contribution is 0.319. The van der Waals surface area contributed by atoms with Crippen LogP contribution in [0, 0.1) is 5.41 Å². The van der Waals surface area contributed by atoms with E-state index in [0.29, 0.717) is 6.04 Å². The van der Waals surface area contributed by atoms with Crippen molar-refractivity contribution in [3.8, 4) is 0 Å². The quantitative estimate of drug-likeness (QED) is 0.214. The summed E-state index contributed by atoms with van der Waals surface area (Å²) in [5, 5.41) is 0. The number of allylic oxidation sites excluding steroid dienone is 4. The van der Waals surface area contributed by atoms with Gasteiger partial charge in [0.05, 0.1) is 0 Å². The molecule has 0 fully saturated rings. The third kappa shape index (κ3) is 9.79. The van der Waals surface area contributed by atoms with Crippen molar-refractivity contribution < 1.29 is 0 Å². The van der Waals surface area contributed by atoms with Gasteiger partial charge >= 0.3 is 0 Å². The molecule has 1 aromatic heterocycles. The summed E-state index contributed by atoms with van der Waals surface area (Å²) in [7, 11) is 0. The Morgan fingerprint density at radius 2 is 1.52 bits per heavy atom. The van der Waals surface area contributed by atoms with E-state index in [0.717, 1.165) is 12.8 Å². The Morgan fingerprint density at radius 1 is 0.871 bits per heavy atom. The molecule has 0 aromatic carbocycles. The zero-order valence-corrected chi connectivity index (χ0v) is 21.0. The summed E-state index contributed by atoms with van der Waals surface area (Å²) in [4.78, 5) is 4.79. The fraction of sp³-hybridized carbons (Fsp3) is 0.759. The van der Waals surface area contributed by atoms with E-state index < -0.39 is 0 Å². The van der Waals surface area contributed by atoms with Gasteiger partial charge in [-0.15, -0.1) is 0 Å². The van der Waals surface area contributed by atoms with Crippen molar-refractivity contribution in [3.63, 3.8) is 0 Å². The second kappa shape index (κ2) is 15.5. The first kappa shape index (κ1) is 25.9. The number of imidazole rings is 1. The van der Waals surface area contributed by atoms with Crippen molar-refractivity contribution in [2.24, 2.45) is 5.41 Å². The van der Waals surface area contributed by atoms with Gasteiger partial charge < -0.3 is 4.57 Å². The van der Waals surface area contributed by atoms with Crippen LogP contribution in [0.2, 0.25) is 0 Å². The van der Waals surface area contributed by atoms with Crippen LogP contribution in [0.5, 0.6) is 0 Å². The minimum atomic E-state index is 0.268. The number of hydrogen-bond donors (Lipinski definition) is 0. The van der Waals surface area contributed by atoms with E-state index in [1.807, 2.05) is 6.20 Å². The highest BCUT2D eigenvalue weighted by atomic mass is 15.1. The molecule has 2 heteroatoms. The molecular formula is C29H50N2. The zero-order chi connectivity index (χ0) is 22.2. The molecule has 31 heavy (non-hydrogen) atoms. The maximum Gasteiger partial charge on any atom is 0.109 e. The molecule has 1 aliphatic rings. The molecule has 0 spiro atoms. The number of aromatic nitrogens is 2. The Morgan fingerprint density at radius 3 is 2.13 bits per heavy atom. The highest BCUT2D eigenvalue weighted by Crippen LogP contribution is 2.37. The van der Waals surface area contributed by atoms with Crippen LogP contribution < -0.4 is 0 Å². The standard InChI is InChI=1S/C29H50N2/c1-4-6-8-9-10-11-12-13-14-15-17-20-27(3)31-25-24-30-28(31)26-29(21-7-5-2)22-18-16-19-23-29/h16,18-19,22,24-25,27H,4-15,17,20-21,23,26H2,1-3H3. The van der Waals surface area contributed by atoms with E-state index in [9.17, 15) is 0 Å². The Balaban J connectivity index is 1.68. The molecule has 2 nitrogen and oxygen atoms in total. The third-order valence-electron chi connectivity index (χ3n) is 7.21. The Labute approximate surface area is 193 Å². The van der Waals surface area contributed by atoms with Crippen LogP contribution >= 0.6 is 0 Å². The van der Waals surface area contributed by atoms with Gasteiger partial charge in [-0.1, -0.05) is 122 Å². The Bertz CT molecular complexity index is 626. The summed E-state index contributed by atoms with van der Waals surface area (Å²) in [5.41, 5.74) is 0.268. The van der Waals surface area contributed by atoms with Crippen LogP contribution in [0.4, 0.5) is 0 Å². The van der Waals surface area contributed by atoms with Crippen LogP contribution in [-0.2, 0) is 6.42 Å². The van der Waals surface area contributed by atoms with Gasteiger partial charge in [0, 0.05) is 24.9 Å². The van der Waals surface area contributed by atoms with E-state index in [1.165, 1.54) is 102 Å². The normalized spacial score (nSPS) is 19.2. The van der Waals surface area contributed by atoms with Crippen molar-refractivity contribution in [2.45, 2.75) is 136 Å². The minimum absolute atomic E-state index is 0.268. The third-order valence-corrected chi connectivity index (χ3v) is 7.21. The van der Waals surface area contributed by atoms with E-state index in [1.54, 1.807) is 0 Å². The SMILES string of the molecule is CCCCCCCCCCCCCC(C)n1ccnc1CC1(CCCC)C=CC=CC1. The maximum atomic E-state index is 4.79. The smallest absolute Gasteiger partial charge is 0.109 e. The summed E-state index contributed by atoms with van der Waals surface area (Å²) in [6.45, 7) is 6.98. The molecule has 0 bridgehead atoms. The number of nitrogens with zero attached hydrogens (tertiary/aromatic N) is 2. The van der Waals surface area contributed by atoms with E-state index >= 15 is 0 Å². The highest BCUT2D eigenvalue weighted by Gasteiger charge is 2.29. The topological polar surface area (TPSA) is 17.8 Å². The van der Waals surface area contributed by atoms with E-state index in [2.05, 4.69) is 55.8 Å². The summed E-state index contributed by atoms with van der Waals surface area (Å²) in [6, 6.07) is 0.558. The average Bonchev–Trinajstić information content (AvgIpc) is 3.24. The minimum Gasteiger partial charge on any atom is -0.332 e. The summed E-state index contributed by atoms with van der Waals surface area (Å²) in [6.07, 6.45) is 36.4. The number of rotatable bonds is 18. The molecule has 0 radical (unpaired) electrons. The Kier molecular flexibility index (Phi) is 13.0. The molecule has 176 valence electrons. The second-order valence-electron chi connectivity index (χ2n) is 10.1. The molecule has 0 saturated carbocycles. The van der Waals surface area contributed by atoms with Crippen molar-refractivity contribution in [3.05, 3.63) is 42.5 Å². The van der Waals surface area contributed by atoms with Gasteiger partial charge in [-0.25, -0.2) is 4.98 Å². The molecule has 1 aromatic rings. The first-order valence-electron chi connectivity index (χ1n) is 13.6. The van der Waals surface area contributed by atoms with E-state index in [4.69, 9.17) is 4.98 Å². The number of hydrogen-bond acceptors (Lipinski definition) is 1.